The lowest BCUT2D eigenvalue weighted by Gasteiger charge is -2.34. The molecule has 1 atom stereocenters. The summed E-state index contributed by atoms with van der Waals surface area (Å²) in [4.78, 5) is 0. The molecule has 3 nitrogen and oxygen atoms in total. The Morgan fingerprint density at radius 1 is 1.50 bits per heavy atom. The van der Waals surface area contributed by atoms with Gasteiger partial charge in [0.15, 0.2) is 5.54 Å². The number of nitrogens with zero attached hydrogens (tertiary/aromatic N) is 2. The third-order valence-electron chi connectivity index (χ3n) is 1.98. The Kier molecular flexibility index (Phi) is 1.99. The third kappa shape index (κ3) is 1.14. The van der Waals surface area contributed by atoms with Crippen LogP contribution in [0.15, 0.2) is 22.5 Å². The Labute approximate surface area is 69.4 Å². The van der Waals surface area contributed by atoms with Gasteiger partial charge in [-0.05, 0) is 19.9 Å². The molecular weight excluding hydrogens is 164 g/mol. The van der Waals surface area contributed by atoms with Crippen LogP contribution in [0.3, 0.4) is 0 Å². The Balaban J connectivity index is 3.05. The monoisotopic (exact) mass is 175 g/mol. The van der Waals surface area contributed by atoms with Gasteiger partial charge in [-0.1, -0.05) is 0 Å². The van der Waals surface area contributed by atoms with Gasteiger partial charge in [0.2, 0.25) is 0 Å². The van der Waals surface area contributed by atoms with Crippen LogP contribution in [0.5, 0.6) is 0 Å². The quantitative estimate of drug-likeness (QED) is 0.682. The van der Waals surface area contributed by atoms with Crippen LogP contribution in [0.4, 0.5) is 8.78 Å². The van der Waals surface area contributed by atoms with Gasteiger partial charge < -0.3 is 5.73 Å². The van der Waals surface area contributed by atoms with Crippen molar-refractivity contribution in [3.8, 4) is 0 Å². The highest BCUT2D eigenvalue weighted by molar-refractivity contribution is 5.21. The van der Waals surface area contributed by atoms with Crippen LogP contribution in [0.1, 0.15) is 13.8 Å². The molecule has 0 saturated heterocycles. The molecule has 0 saturated carbocycles. The molecule has 0 spiro atoms. The maximum atomic E-state index is 12.6. The molecule has 0 aliphatic carbocycles. The van der Waals surface area contributed by atoms with Crippen molar-refractivity contribution in [2.24, 2.45) is 16.0 Å². The molecule has 0 fully saturated rings. The molecule has 0 aromatic heterocycles. The predicted octanol–water partition coefficient (Wildman–Crippen LogP) is 1.71. The van der Waals surface area contributed by atoms with Crippen LogP contribution >= 0.6 is 0 Å². The molecule has 0 amide bonds. The lowest BCUT2D eigenvalue weighted by atomic mass is 9.81. The highest BCUT2D eigenvalue weighted by Crippen LogP contribution is 2.35. The maximum absolute atomic E-state index is 12.6. The summed E-state index contributed by atoms with van der Waals surface area (Å²) in [6, 6.07) is 0. The zero-order valence-electron chi connectivity index (χ0n) is 6.96. The SMILES string of the molecule is CC(C)(N)C1(C(F)F)C=CN=N1. The van der Waals surface area contributed by atoms with Crippen LogP contribution in [0.2, 0.25) is 0 Å². The van der Waals surface area contributed by atoms with Crippen molar-refractivity contribution in [2.45, 2.75) is 31.4 Å². The Hall–Kier alpha value is -0.840. The van der Waals surface area contributed by atoms with E-state index in [4.69, 9.17) is 5.73 Å². The van der Waals surface area contributed by atoms with Crippen LogP contribution in [0, 0.1) is 0 Å². The van der Waals surface area contributed by atoms with Crippen molar-refractivity contribution >= 4 is 0 Å². The van der Waals surface area contributed by atoms with Gasteiger partial charge in [-0.15, -0.1) is 0 Å². The van der Waals surface area contributed by atoms with Gasteiger partial charge >= 0.3 is 0 Å². The van der Waals surface area contributed by atoms with Gasteiger partial charge in [0.1, 0.15) is 0 Å². The summed E-state index contributed by atoms with van der Waals surface area (Å²) >= 11 is 0. The van der Waals surface area contributed by atoms with Gasteiger partial charge in [0.05, 0.1) is 0 Å². The van der Waals surface area contributed by atoms with Crippen LogP contribution in [-0.4, -0.2) is 17.5 Å². The van der Waals surface area contributed by atoms with Gasteiger partial charge in [0, 0.05) is 11.7 Å². The van der Waals surface area contributed by atoms with E-state index in [1.807, 2.05) is 0 Å². The van der Waals surface area contributed by atoms with Gasteiger partial charge in [0.25, 0.3) is 6.43 Å². The van der Waals surface area contributed by atoms with Crippen LogP contribution in [0.25, 0.3) is 0 Å². The molecule has 1 heterocycles. The molecule has 1 rings (SSSR count). The molecule has 12 heavy (non-hydrogen) atoms. The van der Waals surface area contributed by atoms with Gasteiger partial charge in [-0.25, -0.2) is 8.78 Å². The fraction of sp³-hybridized carbons (Fsp3) is 0.714. The Morgan fingerprint density at radius 3 is 2.25 bits per heavy atom. The first kappa shape index (κ1) is 9.25. The maximum Gasteiger partial charge on any atom is 0.270 e. The lowest BCUT2D eigenvalue weighted by Crippen LogP contribution is -2.57. The van der Waals surface area contributed by atoms with Crippen molar-refractivity contribution in [1.29, 1.82) is 0 Å². The number of azo groups is 1. The highest BCUT2D eigenvalue weighted by atomic mass is 19.3. The molecule has 0 aromatic rings. The number of halogens is 2. The average molecular weight is 175 g/mol. The predicted molar refractivity (Wildman–Crippen MR) is 41.0 cm³/mol. The highest BCUT2D eigenvalue weighted by Gasteiger charge is 2.50. The zero-order chi connectivity index (χ0) is 9.41. The number of rotatable bonds is 2. The fourth-order valence-corrected chi connectivity index (χ4v) is 1.05. The molecule has 5 heteroatoms. The third-order valence-corrected chi connectivity index (χ3v) is 1.98. The summed E-state index contributed by atoms with van der Waals surface area (Å²) in [5, 5.41) is 6.89. The normalized spacial score (nSPS) is 28.8. The second-order valence-corrected chi connectivity index (χ2v) is 3.38. The summed E-state index contributed by atoms with van der Waals surface area (Å²) in [5.74, 6) is 0. The van der Waals surface area contributed by atoms with Crippen molar-refractivity contribution < 1.29 is 8.78 Å². The Morgan fingerprint density at radius 2 is 2.08 bits per heavy atom. The first-order chi connectivity index (χ1) is 5.40. The molecule has 0 bridgehead atoms. The van der Waals surface area contributed by atoms with E-state index in [1.165, 1.54) is 26.1 Å². The molecule has 2 N–H and O–H groups in total. The largest absolute Gasteiger partial charge is 0.323 e. The topological polar surface area (TPSA) is 50.7 Å². The number of hydrogen-bond acceptors (Lipinski definition) is 3. The minimum absolute atomic E-state index is 1.10. The smallest absolute Gasteiger partial charge is 0.270 e. The van der Waals surface area contributed by atoms with E-state index in [0.29, 0.717) is 0 Å². The molecule has 1 aliphatic rings. The minimum Gasteiger partial charge on any atom is -0.323 e. The Bertz CT molecular complexity index is 215. The number of hydrogen-bond donors (Lipinski definition) is 1. The van der Waals surface area contributed by atoms with E-state index in [-0.39, 0.29) is 0 Å². The number of nitrogens with two attached hydrogens (primary N) is 1. The van der Waals surface area contributed by atoms with E-state index in [2.05, 4.69) is 10.2 Å². The number of alkyl halides is 2. The van der Waals surface area contributed by atoms with E-state index < -0.39 is 17.5 Å². The van der Waals surface area contributed by atoms with Crippen molar-refractivity contribution in [1.82, 2.24) is 0 Å². The van der Waals surface area contributed by atoms with E-state index >= 15 is 0 Å². The summed E-state index contributed by atoms with van der Waals surface area (Å²) in [7, 11) is 0. The molecule has 68 valence electrons. The van der Waals surface area contributed by atoms with E-state index in [0.717, 1.165) is 0 Å². The van der Waals surface area contributed by atoms with E-state index in [1.54, 1.807) is 0 Å². The molecule has 1 unspecified atom stereocenters. The molecule has 0 aromatic carbocycles. The van der Waals surface area contributed by atoms with Crippen LogP contribution < -0.4 is 5.73 Å². The summed E-state index contributed by atoms with van der Waals surface area (Å²) in [5.41, 5.74) is 2.85. The van der Waals surface area contributed by atoms with Crippen molar-refractivity contribution in [3.05, 3.63) is 12.3 Å². The first-order valence-corrected chi connectivity index (χ1v) is 3.57. The average Bonchev–Trinajstić information content (AvgIpc) is 2.31. The lowest BCUT2D eigenvalue weighted by molar-refractivity contribution is 0.0447. The summed E-state index contributed by atoms with van der Waals surface area (Å²) in [6.07, 6.45) is -0.127. The minimum atomic E-state index is -2.62. The van der Waals surface area contributed by atoms with Gasteiger partial charge in [-0.3, -0.25) is 0 Å². The van der Waals surface area contributed by atoms with Gasteiger partial charge in [-0.2, -0.15) is 10.2 Å². The first-order valence-electron chi connectivity index (χ1n) is 3.57. The van der Waals surface area contributed by atoms with Crippen molar-refractivity contribution in [3.63, 3.8) is 0 Å². The van der Waals surface area contributed by atoms with Crippen molar-refractivity contribution in [2.75, 3.05) is 0 Å². The second-order valence-electron chi connectivity index (χ2n) is 3.38. The zero-order valence-corrected chi connectivity index (χ0v) is 6.96. The molecular formula is C7H11F2N3. The summed E-state index contributed by atoms with van der Waals surface area (Å²) in [6.45, 7) is 3.02. The fourth-order valence-electron chi connectivity index (χ4n) is 1.05. The molecule has 1 aliphatic heterocycles. The summed E-state index contributed by atoms with van der Waals surface area (Å²) < 4.78 is 25.2. The standard InChI is InChI=1S/C7H11F2N3/c1-6(2,10)7(5(8)9)3-4-11-12-7/h3-5H,10H2,1-2H3. The van der Waals surface area contributed by atoms with Crippen LogP contribution in [-0.2, 0) is 0 Å². The van der Waals surface area contributed by atoms with E-state index in [9.17, 15) is 8.78 Å². The second kappa shape index (κ2) is 2.58. The molecule has 0 radical (unpaired) electrons.